The minimum absolute atomic E-state index is 0.208. The molecule has 0 saturated carbocycles. The van der Waals surface area contributed by atoms with Gasteiger partial charge in [0.1, 0.15) is 5.82 Å². The number of alkyl halides is 3. The van der Waals surface area contributed by atoms with E-state index < -0.39 is 11.9 Å². The van der Waals surface area contributed by atoms with Crippen molar-refractivity contribution in [2.24, 2.45) is 0 Å². The molecule has 2 saturated heterocycles. The molecule has 0 radical (unpaired) electrons. The molecule has 0 aromatic carbocycles. The highest BCUT2D eigenvalue weighted by Gasteiger charge is 2.35. The highest BCUT2D eigenvalue weighted by atomic mass is 19.4. The minimum Gasteiger partial charge on any atom is -0.355 e. The van der Waals surface area contributed by atoms with Crippen LogP contribution in [0.4, 0.5) is 24.9 Å². The maximum atomic E-state index is 13.5. The molecule has 0 N–H and O–H groups in total. The van der Waals surface area contributed by atoms with Crippen LogP contribution in [-0.2, 0) is 6.18 Å². The van der Waals surface area contributed by atoms with Gasteiger partial charge in [-0.25, -0.2) is 4.98 Å². The lowest BCUT2D eigenvalue weighted by molar-refractivity contribution is -0.141. The average Bonchev–Trinajstić information content (AvgIpc) is 3.07. The standard InChI is InChI=1S/C19H31F3N6/c1-3-25-7-5-9-27(13-11-25)17-15-16(19(20,21)22)23-18(24-17)28-10-6-8-26(4-2)12-14-28/h15H,3-14H2,1-2H3. The van der Waals surface area contributed by atoms with E-state index in [0.29, 0.717) is 32.0 Å². The molecule has 3 heterocycles. The Morgan fingerprint density at radius 1 is 0.786 bits per heavy atom. The zero-order valence-corrected chi connectivity index (χ0v) is 16.9. The molecule has 0 unspecified atom stereocenters. The SMILES string of the molecule is CCN1CCCN(c2cc(C(F)(F)F)nc(N3CCCN(CC)CC3)n2)CC1. The molecule has 0 bridgehead atoms. The van der Waals surface area contributed by atoms with Crippen LogP contribution in [0.2, 0.25) is 0 Å². The number of hydrogen-bond donors (Lipinski definition) is 0. The first kappa shape index (κ1) is 21.1. The summed E-state index contributed by atoms with van der Waals surface area (Å²) < 4.78 is 40.6. The molecule has 0 spiro atoms. The summed E-state index contributed by atoms with van der Waals surface area (Å²) in [4.78, 5) is 17.0. The molecule has 2 aliphatic heterocycles. The number of aromatic nitrogens is 2. The molecule has 9 heteroatoms. The molecule has 1 aromatic heterocycles. The van der Waals surface area contributed by atoms with Crippen LogP contribution < -0.4 is 9.80 Å². The van der Waals surface area contributed by atoms with Gasteiger partial charge in [-0.2, -0.15) is 18.2 Å². The summed E-state index contributed by atoms with van der Waals surface area (Å²) in [6.45, 7) is 12.4. The van der Waals surface area contributed by atoms with E-state index in [9.17, 15) is 13.2 Å². The van der Waals surface area contributed by atoms with Gasteiger partial charge in [0.15, 0.2) is 5.69 Å². The van der Waals surface area contributed by atoms with Crippen molar-refractivity contribution in [3.05, 3.63) is 11.8 Å². The summed E-state index contributed by atoms with van der Waals surface area (Å²) >= 11 is 0. The summed E-state index contributed by atoms with van der Waals surface area (Å²) in [5.74, 6) is 0.603. The molecule has 28 heavy (non-hydrogen) atoms. The lowest BCUT2D eigenvalue weighted by Gasteiger charge is -2.26. The van der Waals surface area contributed by atoms with Gasteiger partial charge in [-0.1, -0.05) is 13.8 Å². The van der Waals surface area contributed by atoms with Crippen molar-refractivity contribution in [3.8, 4) is 0 Å². The van der Waals surface area contributed by atoms with Gasteiger partial charge in [0.25, 0.3) is 0 Å². The van der Waals surface area contributed by atoms with E-state index in [-0.39, 0.29) is 5.95 Å². The maximum absolute atomic E-state index is 13.5. The van der Waals surface area contributed by atoms with Crippen molar-refractivity contribution in [3.63, 3.8) is 0 Å². The van der Waals surface area contributed by atoms with Crippen molar-refractivity contribution >= 4 is 11.8 Å². The van der Waals surface area contributed by atoms with Crippen molar-refractivity contribution in [2.45, 2.75) is 32.9 Å². The van der Waals surface area contributed by atoms with Gasteiger partial charge in [0.2, 0.25) is 5.95 Å². The molecule has 0 atom stereocenters. The van der Waals surface area contributed by atoms with Gasteiger partial charge in [-0.15, -0.1) is 0 Å². The van der Waals surface area contributed by atoms with E-state index in [1.165, 1.54) is 0 Å². The number of hydrogen-bond acceptors (Lipinski definition) is 6. The monoisotopic (exact) mass is 400 g/mol. The van der Waals surface area contributed by atoms with E-state index in [1.807, 2.05) is 9.80 Å². The maximum Gasteiger partial charge on any atom is 0.433 e. The zero-order chi connectivity index (χ0) is 20.1. The van der Waals surface area contributed by atoms with Gasteiger partial charge in [0, 0.05) is 45.3 Å². The molecular weight excluding hydrogens is 369 g/mol. The molecule has 2 aliphatic rings. The summed E-state index contributed by atoms with van der Waals surface area (Å²) in [7, 11) is 0. The summed E-state index contributed by atoms with van der Waals surface area (Å²) in [6, 6.07) is 1.11. The fourth-order valence-electron chi connectivity index (χ4n) is 3.87. The highest BCUT2D eigenvalue weighted by molar-refractivity contribution is 5.47. The van der Waals surface area contributed by atoms with Crippen molar-refractivity contribution in [1.82, 2.24) is 19.8 Å². The Morgan fingerprint density at radius 3 is 1.93 bits per heavy atom. The van der Waals surface area contributed by atoms with Gasteiger partial charge in [-0.05, 0) is 39.0 Å². The Labute approximate surface area is 165 Å². The van der Waals surface area contributed by atoms with Crippen LogP contribution in [0.3, 0.4) is 0 Å². The second-order valence-corrected chi connectivity index (χ2v) is 7.46. The predicted molar refractivity (Wildman–Crippen MR) is 105 cm³/mol. The minimum atomic E-state index is -4.48. The number of nitrogens with zero attached hydrogens (tertiary/aromatic N) is 6. The third-order valence-electron chi connectivity index (χ3n) is 5.67. The fraction of sp³-hybridized carbons (Fsp3) is 0.789. The van der Waals surface area contributed by atoms with Gasteiger partial charge < -0.3 is 19.6 Å². The highest BCUT2D eigenvalue weighted by Crippen LogP contribution is 2.31. The van der Waals surface area contributed by atoms with E-state index in [2.05, 4.69) is 33.6 Å². The molecule has 6 nitrogen and oxygen atoms in total. The Balaban J connectivity index is 1.87. The number of anilines is 2. The smallest absolute Gasteiger partial charge is 0.355 e. The second-order valence-electron chi connectivity index (χ2n) is 7.46. The average molecular weight is 400 g/mol. The van der Waals surface area contributed by atoms with Crippen molar-refractivity contribution in [1.29, 1.82) is 0 Å². The predicted octanol–water partition coefficient (Wildman–Crippen LogP) is 2.56. The first-order chi connectivity index (χ1) is 13.4. The van der Waals surface area contributed by atoms with E-state index in [0.717, 1.165) is 58.2 Å². The first-order valence-corrected chi connectivity index (χ1v) is 10.3. The third-order valence-corrected chi connectivity index (χ3v) is 5.67. The van der Waals surface area contributed by atoms with Crippen LogP contribution >= 0.6 is 0 Å². The zero-order valence-electron chi connectivity index (χ0n) is 16.9. The molecule has 2 fully saturated rings. The molecule has 1 aromatic rings. The number of halogens is 3. The Kier molecular flexibility index (Phi) is 6.98. The number of rotatable bonds is 4. The Bertz CT molecular complexity index is 594. The largest absolute Gasteiger partial charge is 0.433 e. The molecular formula is C19H31F3N6. The van der Waals surface area contributed by atoms with Gasteiger partial charge in [-0.3, -0.25) is 0 Å². The quantitative estimate of drug-likeness (QED) is 0.774. The first-order valence-electron chi connectivity index (χ1n) is 10.3. The molecule has 158 valence electrons. The lowest BCUT2D eigenvalue weighted by atomic mass is 10.3. The normalized spacial score (nSPS) is 20.9. The topological polar surface area (TPSA) is 38.7 Å². The summed E-state index contributed by atoms with van der Waals surface area (Å²) in [5.41, 5.74) is -0.847. The fourth-order valence-corrected chi connectivity index (χ4v) is 3.87. The number of likely N-dealkylation sites (N-methyl/N-ethyl adjacent to an activating group) is 2. The molecule has 0 amide bonds. The van der Waals surface area contributed by atoms with E-state index in [4.69, 9.17) is 0 Å². The van der Waals surface area contributed by atoms with Crippen LogP contribution in [-0.4, -0.2) is 85.2 Å². The third kappa shape index (κ3) is 5.26. The van der Waals surface area contributed by atoms with Crippen molar-refractivity contribution in [2.75, 3.05) is 75.2 Å². The van der Waals surface area contributed by atoms with E-state index >= 15 is 0 Å². The second kappa shape index (κ2) is 9.26. The summed E-state index contributed by atoms with van der Waals surface area (Å²) in [5, 5.41) is 0. The van der Waals surface area contributed by atoms with Crippen LogP contribution in [0, 0.1) is 0 Å². The van der Waals surface area contributed by atoms with Crippen LogP contribution in [0.15, 0.2) is 6.07 Å². The molecule has 0 aliphatic carbocycles. The van der Waals surface area contributed by atoms with Gasteiger partial charge in [0.05, 0.1) is 0 Å². The van der Waals surface area contributed by atoms with Crippen LogP contribution in [0.1, 0.15) is 32.4 Å². The Morgan fingerprint density at radius 2 is 1.36 bits per heavy atom. The Hall–Kier alpha value is -1.61. The molecule has 3 rings (SSSR count). The van der Waals surface area contributed by atoms with Crippen molar-refractivity contribution < 1.29 is 13.2 Å². The summed E-state index contributed by atoms with van der Waals surface area (Å²) in [6.07, 6.45) is -2.66. The van der Waals surface area contributed by atoms with Gasteiger partial charge >= 0.3 is 6.18 Å². The van der Waals surface area contributed by atoms with Crippen LogP contribution in [0.5, 0.6) is 0 Å². The van der Waals surface area contributed by atoms with E-state index in [1.54, 1.807) is 0 Å². The lowest BCUT2D eigenvalue weighted by Crippen LogP contribution is -2.34. The van der Waals surface area contributed by atoms with Crippen LogP contribution in [0.25, 0.3) is 0 Å².